The third-order valence-corrected chi connectivity index (χ3v) is 3.42. The van der Waals surface area contributed by atoms with E-state index in [1.807, 2.05) is 11.8 Å². The Morgan fingerprint density at radius 2 is 2.05 bits per heavy atom. The average Bonchev–Trinajstić information content (AvgIpc) is 2.35. The van der Waals surface area contributed by atoms with Gasteiger partial charge in [-0.05, 0) is 19.1 Å². The van der Waals surface area contributed by atoms with Gasteiger partial charge in [-0.25, -0.2) is 4.98 Å². The molecule has 0 N–H and O–H groups in total. The minimum absolute atomic E-state index is 0.00582. The fraction of sp³-hybridized carbons (Fsp3) is 0.615. The summed E-state index contributed by atoms with van der Waals surface area (Å²) in [4.78, 5) is 7.53. The van der Waals surface area contributed by atoms with E-state index >= 15 is 0 Å². The lowest BCUT2D eigenvalue weighted by Crippen LogP contribution is -2.52. The summed E-state index contributed by atoms with van der Waals surface area (Å²) in [5.41, 5.74) is 0. The molecule has 1 aliphatic rings. The molecule has 1 atom stereocenters. The topological polar surface area (TPSA) is 19.4 Å². The van der Waals surface area contributed by atoms with Gasteiger partial charge in [0.2, 0.25) is 5.95 Å². The number of alkyl halides is 3. The van der Waals surface area contributed by atoms with Crippen molar-refractivity contribution in [3.63, 3.8) is 0 Å². The highest BCUT2D eigenvalue weighted by molar-refractivity contribution is 5.40. The molecular weight excluding hydrogens is 274 g/mol. The number of nitrogens with zero attached hydrogens (tertiary/aromatic N) is 3. The van der Waals surface area contributed by atoms with Gasteiger partial charge in [0.05, 0.1) is 6.42 Å². The van der Waals surface area contributed by atoms with Crippen LogP contribution in [0.15, 0.2) is 18.2 Å². The van der Waals surface area contributed by atoms with Gasteiger partial charge in [0.15, 0.2) is 0 Å². The molecule has 112 valence electrons. The van der Waals surface area contributed by atoms with Crippen molar-refractivity contribution in [3.05, 3.63) is 24.1 Å². The molecule has 1 aromatic heterocycles. The van der Waals surface area contributed by atoms with Crippen LogP contribution >= 0.6 is 0 Å². The van der Waals surface area contributed by atoms with Gasteiger partial charge >= 0.3 is 6.18 Å². The number of pyridine rings is 1. The van der Waals surface area contributed by atoms with Gasteiger partial charge in [0, 0.05) is 32.2 Å². The van der Waals surface area contributed by atoms with E-state index in [4.69, 9.17) is 0 Å². The Kier molecular flexibility index (Phi) is 4.47. The summed E-state index contributed by atoms with van der Waals surface area (Å²) in [7, 11) is 0. The molecule has 2 heterocycles. The molecule has 0 amide bonds. The Labute approximate surface area is 115 Å². The van der Waals surface area contributed by atoms with Crippen molar-refractivity contribution < 1.29 is 17.6 Å². The number of anilines is 1. The predicted octanol–water partition coefficient (Wildman–Crippen LogP) is 2.68. The van der Waals surface area contributed by atoms with Gasteiger partial charge in [-0.15, -0.1) is 0 Å². The van der Waals surface area contributed by atoms with Gasteiger partial charge in [0.25, 0.3) is 0 Å². The summed E-state index contributed by atoms with van der Waals surface area (Å²) >= 11 is 0. The molecule has 1 aromatic rings. The predicted molar refractivity (Wildman–Crippen MR) is 68.1 cm³/mol. The van der Waals surface area contributed by atoms with Crippen LogP contribution in [0, 0.1) is 5.95 Å². The number of hydrogen-bond donors (Lipinski definition) is 0. The van der Waals surface area contributed by atoms with E-state index in [0.717, 1.165) is 0 Å². The van der Waals surface area contributed by atoms with E-state index in [2.05, 4.69) is 4.98 Å². The Morgan fingerprint density at radius 3 is 2.65 bits per heavy atom. The van der Waals surface area contributed by atoms with Crippen LogP contribution in [0.3, 0.4) is 0 Å². The van der Waals surface area contributed by atoms with Crippen molar-refractivity contribution in [1.29, 1.82) is 0 Å². The Morgan fingerprint density at radius 1 is 1.30 bits per heavy atom. The normalized spacial score (nSPS) is 21.2. The Balaban J connectivity index is 1.92. The first-order valence-electron chi connectivity index (χ1n) is 6.53. The average molecular weight is 291 g/mol. The summed E-state index contributed by atoms with van der Waals surface area (Å²) < 4.78 is 49.7. The SMILES string of the molecule is CC1CN(CCC(F)(F)F)CCN1c1cccc(F)n1. The fourth-order valence-corrected chi connectivity index (χ4v) is 2.42. The highest BCUT2D eigenvalue weighted by Crippen LogP contribution is 2.22. The molecule has 20 heavy (non-hydrogen) atoms. The summed E-state index contributed by atoms with van der Waals surface area (Å²) in [6.07, 6.45) is -4.91. The summed E-state index contributed by atoms with van der Waals surface area (Å²) in [5, 5.41) is 0. The third-order valence-electron chi connectivity index (χ3n) is 3.42. The number of piperazine rings is 1. The lowest BCUT2D eigenvalue weighted by atomic mass is 10.2. The standard InChI is InChI=1S/C13H17F4N3/c1-10-9-19(6-5-13(15,16)17)7-8-20(10)12-4-2-3-11(14)18-12/h2-4,10H,5-9H2,1H3. The van der Waals surface area contributed by atoms with E-state index in [1.165, 1.54) is 6.07 Å². The second-order valence-electron chi connectivity index (χ2n) is 5.03. The second kappa shape index (κ2) is 5.95. The molecule has 0 aliphatic carbocycles. The lowest BCUT2D eigenvalue weighted by Gasteiger charge is -2.40. The summed E-state index contributed by atoms with van der Waals surface area (Å²) in [6.45, 7) is 3.52. The quantitative estimate of drug-likeness (QED) is 0.630. The van der Waals surface area contributed by atoms with Crippen LogP contribution < -0.4 is 4.90 Å². The molecule has 1 unspecified atom stereocenters. The minimum atomic E-state index is -4.12. The monoisotopic (exact) mass is 291 g/mol. The van der Waals surface area contributed by atoms with Crippen molar-refractivity contribution in [2.45, 2.75) is 25.6 Å². The molecule has 3 nitrogen and oxygen atoms in total. The highest BCUT2D eigenvalue weighted by atomic mass is 19.4. The zero-order chi connectivity index (χ0) is 14.8. The number of aromatic nitrogens is 1. The van der Waals surface area contributed by atoms with Crippen LogP contribution in [-0.2, 0) is 0 Å². The van der Waals surface area contributed by atoms with E-state index in [9.17, 15) is 17.6 Å². The molecular formula is C13H17F4N3. The Bertz CT molecular complexity index is 449. The fourth-order valence-electron chi connectivity index (χ4n) is 2.42. The second-order valence-corrected chi connectivity index (χ2v) is 5.03. The molecule has 1 saturated heterocycles. The van der Waals surface area contributed by atoms with Crippen LogP contribution in [-0.4, -0.2) is 48.3 Å². The van der Waals surface area contributed by atoms with Crippen LogP contribution in [0.4, 0.5) is 23.4 Å². The van der Waals surface area contributed by atoms with E-state index < -0.39 is 18.5 Å². The third kappa shape index (κ3) is 4.06. The first-order chi connectivity index (χ1) is 9.35. The van der Waals surface area contributed by atoms with Gasteiger partial charge < -0.3 is 4.90 Å². The molecule has 1 aliphatic heterocycles. The van der Waals surface area contributed by atoms with Crippen LogP contribution in [0.25, 0.3) is 0 Å². The largest absolute Gasteiger partial charge is 0.390 e. The van der Waals surface area contributed by atoms with Crippen LogP contribution in [0.5, 0.6) is 0 Å². The Hall–Kier alpha value is -1.37. The molecule has 0 aromatic carbocycles. The minimum Gasteiger partial charge on any atom is -0.351 e. The maximum Gasteiger partial charge on any atom is 0.390 e. The zero-order valence-corrected chi connectivity index (χ0v) is 11.2. The van der Waals surface area contributed by atoms with E-state index in [-0.39, 0.29) is 12.6 Å². The zero-order valence-electron chi connectivity index (χ0n) is 11.2. The first-order valence-corrected chi connectivity index (χ1v) is 6.53. The number of rotatable bonds is 3. The molecule has 2 rings (SSSR count). The van der Waals surface area contributed by atoms with Crippen molar-refractivity contribution in [3.8, 4) is 0 Å². The summed E-state index contributed by atoms with van der Waals surface area (Å²) in [6, 6.07) is 4.57. The van der Waals surface area contributed by atoms with Gasteiger partial charge in [-0.3, -0.25) is 4.90 Å². The molecule has 0 bridgehead atoms. The van der Waals surface area contributed by atoms with Crippen LogP contribution in [0.2, 0.25) is 0 Å². The first kappa shape index (κ1) is 15.0. The van der Waals surface area contributed by atoms with Gasteiger partial charge in [-0.1, -0.05) is 6.07 Å². The van der Waals surface area contributed by atoms with Crippen molar-refractivity contribution >= 4 is 5.82 Å². The van der Waals surface area contributed by atoms with Crippen molar-refractivity contribution in [2.75, 3.05) is 31.1 Å². The van der Waals surface area contributed by atoms with Gasteiger partial charge in [0.1, 0.15) is 5.82 Å². The molecule has 7 heteroatoms. The van der Waals surface area contributed by atoms with Crippen LogP contribution in [0.1, 0.15) is 13.3 Å². The highest BCUT2D eigenvalue weighted by Gasteiger charge is 2.30. The van der Waals surface area contributed by atoms with Gasteiger partial charge in [-0.2, -0.15) is 17.6 Å². The van der Waals surface area contributed by atoms with Crippen molar-refractivity contribution in [2.24, 2.45) is 0 Å². The maximum atomic E-state index is 13.1. The number of halogens is 4. The molecule has 0 saturated carbocycles. The number of hydrogen-bond acceptors (Lipinski definition) is 3. The lowest BCUT2D eigenvalue weighted by molar-refractivity contribution is -0.138. The summed E-state index contributed by atoms with van der Waals surface area (Å²) in [5.74, 6) is -0.0119. The smallest absolute Gasteiger partial charge is 0.351 e. The molecule has 0 spiro atoms. The molecule has 1 fully saturated rings. The molecule has 0 radical (unpaired) electrons. The van der Waals surface area contributed by atoms with E-state index in [1.54, 1.807) is 17.0 Å². The van der Waals surface area contributed by atoms with Crippen molar-refractivity contribution in [1.82, 2.24) is 9.88 Å². The van der Waals surface area contributed by atoms with E-state index in [0.29, 0.717) is 25.5 Å². The maximum absolute atomic E-state index is 13.1.